The van der Waals surface area contributed by atoms with Crippen LogP contribution in [0.1, 0.15) is 0 Å². The molecule has 2 rings (SSSR count). The highest BCUT2D eigenvalue weighted by Gasteiger charge is 2.14. The smallest absolute Gasteiger partial charge is 0.206 e. The number of hydrogen-bond acceptors (Lipinski definition) is 3. The summed E-state index contributed by atoms with van der Waals surface area (Å²) in [6, 6.07) is 7.07. The highest BCUT2D eigenvalue weighted by Crippen LogP contribution is 2.33. The summed E-state index contributed by atoms with van der Waals surface area (Å²) in [5.41, 5.74) is 0.921. The Balaban J connectivity index is 2.54. The molecule has 2 nitrogen and oxygen atoms in total. The van der Waals surface area contributed by atoms with Crippen molar-refractivity contribution in [2.45, 2.75) is 0 Å². The van der Waals surface area contributed by atoms with Crippen molar-refractivity contribution in [3.63, 3.8) is 0 Å². The first-order chi connectivity index (χ1) is 7.22. The van der Waals surface area contributed by atoms with Crippen LogP contribution < -0.4 is 5.32 Å². The van der Waals surface area contributed by atoms with E-state index in [1.165, 1.54) is 0 Å². The maximum absolute atomic E-state index is 13.5. The quantitative estimate of drug-likeness (QED) is 0.870. The van der Waals surface area contributed by atoms with E-state index in [1.54, 1.807) is 31.3 Å². The number of nitrogens with zero attached hydrogens (tertiary/aromatic N) is 1. The highest BCUT2D eigenvalue weighted by atomic mass is 35.5. The van der Waals surface area contributed by atoms with E-state index in [0.717, 1.165) is 11.3 Å². The zero-order valence-corrected chi connectivity index (χ0v) is 9.49. The zero-order valence-electron chi connectivity index (χ0n) is 7.92. The van der Waals surface area contributed by atoms with E-state index in [-0.39, 0.29) is 5.13 Å². The Morgan fingerprint density at radius 1 is 1.40 bits per heavy atom. The molecule has 15 heavy (non-hydrogen) atoms. The van der Waals surface area contributed by atoms with Crippen LogP contribution >= 0.6 is 22.9 Å². The lowest BCUT2D eigenvalue weighted by Crippen LogP contribution is -1.86. The third kappa shape index (κ3) is 1.96. The maximum atomic E-state index is 13.5. The summed E-state index contributed by atoms with van der Waals surface area (Å²) in [7, 11) is 1.70. The van der Waals surface area contributed by atoms with Gasteiger partial charge in [0, 0.05) is 12.6 Å². The topological polar surface area (TPSA) is 24.9 Å². The van der Waals surface area contributed by atoms with E-state index in [1.807, 2.05) is 0 Å². The van der Waals surface area contributed by atoms with Gasteiger partial charge in [0.1, 0.15) is 5.69 Å². The summed E-state index contributed by atoms with van der Waals surface area (Å²) in [5, 5.41) is 3.52. The largest absolute Gasteiger partial charge is 0.364 e. The Bertz CT molecular complexity index is 484. The average molecular weight is 243 g/mol. The molecule has 0 atom stereocenters. The van der Waals surface area contributed by atoms with Crippen LogP contribution in [0.15, 0.2) is 24.3 Å². The Morgan fingerprint density at radius 2 is 2.13 bits per heavy atom. The standard InChI is InChI=1S/C10H8ClFN2S/c1-13-10-14-8(9(12)15-10)6-4-2-3-5-7(6)11/h2-5H,1H3,(H,13,14). The number of aromatic nitrogens is 1. The fourth-order valence-corrected chi connectivity index (χ4v) is 2.11. The second-order valence-electron chi connectivity index (χ2n) is 2.87. The van der Waals surface area contributed by atoms with Crippen molar-refractivity contribution in [3.8, 4) is 11.3 Å². The Hall–Kier alpha value is -1.13. The normalized spacial score (nSPS) is 10.3. The van der Waals surface area contributed by atoms with Crippen LogP contribution in [0.25, 0.3) is 11.3 Å². The first-order valence-electron chi connectivity index (χ1n) is 4.31. The molecule has 0 aliphatic carbocycles. The Morgan fingerprint density at radius 3 is 2.73 bits per heavy atom. The van der Waals surface area contributed by atoms with Gasteiger partial charge in [-0.3, -0.25) is 0 Å². The average Bonchev–Trinajstić information content (AvgIpc) is 2.60. The van der Waals surface area contributed by atoms with Gasteiger partial charge in [-0.1, -0.05) is 41.1 Å². The van der Waals surface area contributed by atoms with Crippen LogP contribution in [-0.4, -0.2) is 12.0 Å². The molecule has 0 aliphatic heterocycles. The minimum atomic E-state index is -0.326. The van der Waals surface area contributed by atoms with Crippen molar-refractivity contribution < 1.29 is 4.39 Å². The van der Waals surface area contributed by atoms with E-state index in [2.05, 4.69) is 10.3 Å². The molecule has 0 saturated carbocycles. The van der Waals surface area contributed by atoms with Crippen molar-refractivity contribution in [1.82, 2.24) is 4.98 Å². The van der Waals surface area contributed by atoms with Crippen LogP contribution in [0.5, 0.6) is 0 Å². The second-order valence-corrected chi connectivity index (χ2v) is 4.23. The van der Waals surface area contributed by atoms with E-state index in [0.29, 0.717) is 21.4 Å². The molecule has 2 aromatic rings. The van der Waals surface area contributed by atoms with Crippen LogP contribution in [0, 0.1) is 5.13 Å². The number of benzene rings is 1. The predicted octanol–water partition coefficient (Wildman–Crippen LogP) is 3.64. The fraction of sp³-hybridized carbons (Fsp3) is 0.100. The molecular weight excluding hydrogens is 235 g/mol. The van der Waals surface area contributed by atoms with Gasteiger partial charge in [0.05, 0.1) is 5.02 Å². The fourth-order valence-electron chi connectivity index (χ4n) is 1.23. The molecule has 1 aromatic carbocycles. The summed E-state index contributed by atoms with van der Waals surface area (Å²) in [5.74, 6) is 0. The van der Waals surface area contributed by atoms with Crippen molar-refractivity contribution in [2.75, 3.05) is 12.4 Å². The molecule has 1 N–H and O–H groups in total. The molecule has 0 spiro atoms. The lowest BCUT2D eigenvalue weighted by molar-refractivity contribution is 0.657. The molecule has 0 aliphatic rings. The van der Waals surface area contributed by atoms with Crippen molar-refractivity contribution in [3.05, 3.63) is 34.4 Å². The summed E-state index contributed by atoms with van der Waals surface area (Å²) in [4.78, 5) is 4.11. The molecule has 0 fully saturated rings. The molecule has 5 heteroatoms. The van der Waals surface area contributed by atoms with Gasteiger partial charge >= 0.3 is 0 Å². The molecule has 1 aromatic heterocycles. The van der Waals surface area contributed by atoms with E-state index in [9.17, 15) is 4.39 Å². The lowest BCUT2D eigenvalue weighted by Gasteiger charge is -1.99. The number of rotatable bonds is 2. The third-order valence-corrected chi connectivity index (χ3v) is 3.12. The summed E-state index contributed by atoms with van der Waals surface area (Å²) < 4.78 is 13.5. The number of hydrogen-bond donors (Lipinski definition) is 1. The molecule has 0 unspecified atom stereocenters. The number of halogens is 2. The summed E-state index contributed by atoms with van der Waals surface area (Å²) in [6.45, 7) is 0. The third-order valence-electron chi connectivity index (χ3n) is 1.93. The number of nitrogens with one attached hydrogen (secondary N) is 1. The van der Waals surface area contributed by atoms with Gasteiger partial charge in [0.2, 0.25) is 5.13 Å². The van der Waals surface area contributed by atoms with Crippen LogP contribution in [-0.2, 0) is 0 Å². The van der Waals surface area contributed by atoms with Gasteiger partial charge in [-0.2, -0.15) is 4.39 Å². The molecule has 78 valence electrons. The molecular formula is C10H8ClFN2S. The Labute approximate surface area is 95.7 Å². The first-order valence-corrected chi connectivity index (χ1v) is 5.51. The molecule has 0 radical (unpaired) electrons. The molecule has 0 bridgehead atoms. The highest BCUT2D eigenvalue weighted by molar-refractivity contribution is 7.14. The second kappa shape index (κ2) is 4.16. The van der Waals surface area contributed by atoms with Crippen molar-refractivity contribution in [2.24, 2.45) is 0 Å². The molecule has 0 amide bonds. The van der Waals surface area contributed by atoms with Gasteiger partial charge in [-0.25, -0.2) is 4.98 Å². The van der Waals surface area contributed by atoms with Crippen molar-refractivity contribution in [1.29, 1.82) is 0 Å². The van der Waals surface area contributed by atoms with Crippen LogP contribution in [0.3, 0.4) is 0 Å². The number of thiazole rings is 1. The van der Waals surface area contributed by atoms with Gasteiger partial charge in [-0.05, 0) is 6.07 Å². The molecule has 1 heterocycles. The first kappa shape index (κ1) is 10.4. The van der Waals surface area contributed by atoms with E-state index >= 15 is 0 Å². The maximum Gasteiger partial charge on any atom is 0.206 e. The van der Waals surface area contributed by atoms with Crippen LogP contribution in [0.4, 0.5) is 9.52 Å². The van der Waals surface area contributed by atoms with Gasteiger partial charge in [0.15, 0.2) is 5.13 Å². The summed E-state index contributed by atoms with van der Waals surface area (Å²) in [6.07, 6.45) is 0. The minimum absolute atomic E-state index is 0.301. The summed E-state index contributed by atoms with van der Waals surface area (Å²) >= 11 is 6.93. The van der Waals surface area contributed by atoms with Gasteiger partial charge in [0.25, 0.3) is 0 Å². The number of anilines is 1. The Kier molecular flexibility index (Phi) is 2.88. The minimum Gasteiger partial charge on any atom is -0.364 e. The predicted molar refractivity (Wildman–Crippen MR) is 62.1 cm³/mol. The zero-order chi connectivity index (χ0) is 10.8. The van der Waals surface area contributed by atoms with E-state index in [4.69, 9.17) is 11.6 Å². The van der Waals surface area contributed by atoms with Crippen LogP contribution in [0.2, 0.25) is 5.02 Å². The SMILES string of the molecule is CNc1nc(-c2ccccc2Cl)c(F)s1. The molecule has 0 saturated heterocycles. The van der Waals surface area contributed by atoms with E-state index < -0.39 is 0 Å². The monoisotopic (exact) mass is 242 g/mol. The lowest BCUT2D eigenvalue weighted by atomic mass is 10.2. The van der Waals surface area contributed by atoms with Gasteiger partial charge < -0.3 is 5.32 Å². The van der Waals surface area contributed by atoms with Gasteiger partial charge in [-0.15, -0.1) is 0 Å². The van der Waals surface area contributed by atoms with Crippen molar-refractivity contribution >= 4 is 28.1 Å².